The Morgan fingerprint density at radius 1 is 0.407 bits per heavy atom. The van der Waals surface area contributed by atoms with Crippen molar-refractivity contribution in [2.24, 2.45) is 0 Å². The summed E-state index contributed by atoms with van der Waals surface area (Å²) in [6.45, 7) is 5.05. The number of carbonyl (C=O) groups is 3. The molecule has 12 nitrogen and oxygen atoms in total. The predicted octanol–water partition coefficient (Wildman–Crippen LogP) is 7.08. The van der Waals surface area contributed by atoms with Gasteiger partial charge in [0.2, 0.25) is 0 Å². The molecule has 0 radical (unpaired) electrons. The lowest BCUT2D eigenvalue weighted by Crippen LogP contribution is -2.55. The highest BCUT2D eigenvalue weighted by atomic mass is 32.2. The fraction of sp³-hybridized carbons (Fsp3) is 0.846. The molecule has 15 heteroatoms. The SMILES string of the molecule is CCCCCCCSCCC(=O)OCCn1c(=O)n(CCOC(=O)CCSCCCCCCC)c(=O)n(CCOC(=O)CCSCCCCCCC)c1=O. The van der Waals surface area contributed by atoms with Crippen molar-refractivity contribution in [2.45, 2.75) is 156 Å². The highest BCUT2D eigenvalue weighted by molar-refractivity contribution is 7.99. The van der Waals surface area contributed by atoms with Crippen LogP contribution in [0.15, 0.2) is 14.4 Å². The van der Waals surface area contributed by atoms with E-state index in [1.165, 1.54) is 77.0 Å². The van der Waals surface area contributed by atoms with Gasteiger partial charge in [0.15, 0.2) is 0 Å². The van der Waals surface area contributed by atoms with E-state index in [0.29, 0.717) is 17.3 Å². The van der Waals surface area contributed by atoms with Crippen LogP contribution in [0.1, 0.15) is 136 Å². The normalized spacial score (nSPS) is 11.2. The second-order valence-electron chi connectivity index (χ2n) is 13.3. The smallest absolute Gasteiger partial charge is 0.336 e. The van der Waals surface area contributed by atoms with Crippen LogP contribution < -0.4 is 17.1 Å². The number of esters is 3. The van der Waals surface area contributed by atoms with Gasteiger partial charge >= 0.3 is 35.0 Å². The minimum Gasteiger partial charge on any atom is -0.464 e. The fourth-order valence-electron chi connectivity index (χ4n) is 5.42. The van der Waals surface area contributed by atoms with Gasteiger partial charge in [-0.15, -0.1) is 0 Å². The average Bonchev–Trinajstić information content (AvgIpc) is 3.15. The molecule has 0 aliphatic heterocycles. The second kappa shape index (κ2) is 34.1. The maximum absolute atomic E-state index is 13.4. The summed E-state index contributed by atoms with van der Waals surface area (Å²) in [6.07, 6.45) is 18.5. The molecule has 0 aliphatic carbocycles. The number of hydrogen-bond donors (Lipinski definition) is 0. The number of carbonyl (C=O) groups excluding carboxylic acids is 3. The zero-order valence-corrected chi connectivity index (χ0v) is 35.9. The van der Waals surface area contributed by atoms with Crippen molar-refractivity contribution in [2.75, 3.05) is 54.3 Å². The Labute approximate surface area is 336 Å². The zero-order valence-electron chi connectivity index (χ0n) is 33.5. The summed E-state index contributed by atoms with van der Waals surface area (Å²) in [5.41, 5.74) is -2.68. The third kappa shape index (κ3) is 24.4. The van der Waals surface area contributed by atoms with Gasteiger partial charge in [-0.1, -0.05) is 97.8 Å². The molecule has 0 saturated carbocycles. The minimum atomic E-state index is -0.894. The lowest BCUT2D eigenvalue weighted by atomic mass is 10.2. The number of rotatable bonds is 36. The Hall–Kier alpha value is -2.13. The van der Waals surface area contributed by atoms with Gasteiger partial charge in [0.05, 0.1) is 38.9 Å². The Balaban J connectivity index is 2.76. The number of aromatic nitrogens is 3. The first-order valence-electron chi connectivity index (χ1n) is 20.4. The first-order valence-corrected chi connectivity index (χ1v) is 23.9. The Morgan fingerprint density at radius 3 is 0.926 bits per heavy atom. The van der Waals surface area contributed by atoms with E-state index in [1.807, 2.05) is 0 Å². The number of hydrogen-bond acceptors (Lipinski definition) is 12. The van der Waals surface area contributed by atoms with Crippen molar-refractivity contribution >= 4 is 53.2 Å². The molecule has 0 aliphatic rings. The van der Waals surface area contributed by atoms with E-state index in [1.54, 1.807) is 35.3 Å². The van der Waals surface area contributed by atoms with E-state index in [4.69, 9.17) is 14.2 Å². The van der Waals surface area contributed by atoms with Crippen LogP contribution in [0.25, 0.3) is 0 Å². The van der Waals surface area contributed by atoms with Crippen LogP contribution in [0.5, 0.6) is 0 Å². The van der Waals surface area contributed by atoms with Gasteiger partial charge in [0.25, 0.3) is 0 Å². The maximum Gasteiger partial charge on any atom is 0.336 e. The molecule has 0 bridgehead atoms. The molecule has 0 unspecified atom stereocenters. The molecule has 1 heterocycles. The highest BCUT2D eigenvalue weighted by Crippen LogP contribution is 2.12. The Bertz CT molecular complexity index is 1150. The molecular weight excluding hydrogens is 751 g/mol. The summed E-state index contributed by atoms with van der Waals surface area (Å²) < 4.78 is 18.4. The van der Waals surface area contributed by atoms with Crippen molar-refractivity contribution in [1.29, 1.82) is 0 Å². The van der Waals surface area contributed by atoms with Crippen molar-refractivity contribution < 1.29 is 28.6 Å². The summed E-state index contributed by atoms with van der Waals surface area (Å²) in [7, 11) is 0. The molecule has 1 aromatic heterocycles. The molecule has 0 aromatic carbocycles. The van der Waals surface area contributed by atoms with Gasteiger partial charge in [0.1, 0.15) is 19.8 Å². The Kier molecular flexibility index (Phi) is 31.5. The molecule has 0 atom stereocenters. The molecule has 0 spiro atoms. The van der Waals surface area contributed by atoms with Crippen molar-refractivity contribution in [3.8, 4) is 0 Å². The molecule has 0 saturated heterocycles. The molecule has 0 N–H and O–H groups in total. The summed E-state index contributed by atoms with van der Waals surface area (Å²) in [5, 5.41) is 0. The number of nitrogens with zero attached hydrogens (tertiary/aromatic N) is 3. The summed E-state index contributed by atoms with van der Waals surface area (Å²) in [5.74, 6) is 3.51. The maximum atomic E-state index is 13.4. The largest absolute Gasteiger partial charge is 0.464 e. The van der Waals surface area contributed by atoms with E-state index in [-0.39, 0.29) is 58.7 Å². The molecular formula is C39H69N3O9S3. The first kappa shape index (κ1) is 49.9. The number of ether oxygens (including phenoxy) is 3. The van der Waals surface area contributed by atoms with Crippen LogP contribution in [-0.2, 0) is 48.2 Å². The summed E-state index contributed by atoms with van der Waals surface area (Å²) >= 11 is 5.09. The molecule has 0 fully saturated rings. The summed E-state index contributed by atoms with van der Waals surface area (Å²) in [6, 6.07) is 0. The van der Waals surface area contributed by atoms with Gasteiger partial charge in [-0.3, -0.25) is 14.4 Å². The second-order valence-corrected chi connectivity index (χ2v) is 17.0. The lowest BCUT2D eigenvalue weighted by Gasteiger charge is -2.14. The lowest BCUT2D eigenvalue weighted by molar-refractivity contribution is -0.144. The number of unbranched alkanes of at least 4 members (excludes halogenated alkanes) is 12. The van der Waals surface area contributed by atoms with Gasteiger partial charge in [-0.05, 0) is 36.5 Å². The van der Waals surface area contributed by atoms with Crippen molar-refractivity contribution in [1.82, 2.24) is 13.7 Å². The van der Waals surface area contributed by atoms with E-state index in [2.05, 4.69) is 20.8 Å². The van der Waals surface area contributed by atoms with Crippen LogP contribution >= 0.6 is 35.3 Å². The van der Waals surface area contributed by atoms with E-state index in [9.17, 15) is 28.8 Å². The zero-order chi connectivity index (χ0) is 39.7. The van der Waals surface area contributed by atoms with Crippen LogP contribution in [-0.4, -0.2) is 85.9 Å². The third-order valence-electron chi connectivity index (χ3n) is 8.65. The minimum absolute atomic E-state index is 0.212. The molecule has 1 rings (SSSR count). The fourth-order valence-corrected chi connectivity index (χ4v) is 8.19. The standard InChI is InChI=1S/C39H69N3O9S3/c1-4-7-10-13-16-28-52-31-19-34(43)49-25-22-40-37(46)41(23-26-50-35(44)20-32-53-29-17-14-11-8-5-2)39(48)42(38(40)47)24-27-51-36(45)21-33-54-30-18-15-12-9-6-3/h4-33H2,1-3H3. The number of thioether (sulfide) groups is 3. The molecule has 1 aromatic rings. The molecule has 312 valence electrons. The summed E-state index contributed by atoms with van der Waals surface area (Å²) in [4.78, 5) is 77.1. The van der Waals surface area contributed by atoms with Gasteiger partial charge in [-0.25, -0.2) is 28.1 Å². The van der Waals surface area contributed by atoms with Crippen molar-refractivity contribution in [3.63, 3.8) is 0 Å². The average molecular weight is 820 g/mol. The van der Waals surface area contributed by atoms with Gasteiger partial charge in [0, 0.05) is 17.3 Å². The molecule has 0 amide bonds. The Morgan fingerprint density at radius 2 is 0.667 bits per heavy atom. The topological polar surface area (TPSA) is 145 Å². The van der Waals surface area contributed by atoms with Crippen LogP contribution in [0.4, 0.5) is 0 Å². The van der Waals surface area contributed by atoms with E-state index < -0.39 is 35.0 Å². The monoisotopic (exact) mass is 819 g/mol. The quantitative estimate of drug-likeness (QED) is 0.0388. The predicted molar refractivity (Wildman–Crippen MR) is 224 cm³/mol. The highest BCUT2D eigenvalue weighted by Gasteiger charge is 2.17. The van der Waals surface area contributed by atoms with Gasteiger partial charge < -0.3 is 14.2 Å². The van der Waals surface area contributed by atoms with Crippen LogP contribution in [0.3, 0.4) is 0 Å². The first-order chi connectivity index (χ1) is 26.3. The molecule has 54 heavy (non-hydrogen) atoms. The van der Waals surface area contributed by atoms with Crippen LogP contribution in [0.2, 0.25) is 0 Å². The van der Waals surface area contributed by atoms with Gasteiger partial charge in [-0.2, -0.15) is 35.3 Å². The van der Waals surface area contributed by atoms with Crippen molar-refractivity contribution in [3.05, 3.63) is 31.5 Å². The third-order valence-corrected chi connectivity index (χ3v) is 11.9. The van der Waals surface area contributed by atoms with E-state index >= 15 is 0 Å². The van der Waals surface area contributed by atoms with E-state index in [0.717, 1.165) is 50.2 Å². The van der Waals surface area contributed by atoms with Crippen LogP contribution in [0, 0.1) is 0 Å².